The third kappa shape index (κ3) is 4.50. The van der Waals surface area contributed by atoms with Crippen molar-refractivity contribution in [2.45, 2.75) is 13.8 Å². The molecule has 15 heavy (non-hydrogen) atoms. The number of allylic oxidation sites excluding steroid dienone is 6. The highest BCUT2D eigenvalue weighted by molar-refractivity contribution is 6.61. The van der Waals surface area contributed by atoms with E-state index < -0.39 is 0 Å². The van der Waals surface area contributed by atoms with E-state index in [4.69, 9.17) is 0 Å². The minimum Gasteiger partial charge on any atom is -0.0882 e. The molecule has 0 heterocycles. The molecule has 0 nitrogen and oxygen atoms in total. The van der Waals surface area contributed by atoms with Gasteiger partial charge in [-0.25, -0.2) is 0 Å². The number of benzene rings is 1. The van der Waals surface area contributed by atoms with Crippen molar-refractivity contribution in [3.63, 3.8) is 0 Å². The van der Waals surface area contributed by atoms with Crippen LogP contribution in [0.15, 0.2) is 66.2 Å². The summed E-state index contributed by atoms with van der Waals surface area (Å²) >= 11 is 0. The average molecular weight is 195 g/mol. The van der Waals surface area contributed by atoms with Crippen LogP contribution in [0.2, 0.25) is 0 Å². The van der Waals surface area contributed by atoms with Crippen LogP contribution < -0.4 is 5.46 Å². The summed E-state index contributed by atoms with van der Waals surface area (Å²) in [7, 11) is 2.17. The molecule has 0 aliphatic heterocycles. The van der Waals surface area contributed by atoms with Crippen LogP contribution in [0.5, 0.6) is 0 Å². The summed E-state index contributed by atoms with van der Waals surface area (Å²) in [6, 6.07) is 10.3. The molecule has 1 radical (unpaired) electrons. The molecule has 0 spiro atoms. The molecule has 1 aromatic carbocycles. The van der Waals surface area contributed by atoms with Crippen LogP contribution in [0.3, 0.4) is 0 Å². The fourth-order valence-electron chi connectivity index (χ4n) is 1.29. The van der Waals surface area contributed by atoms with Gasteiger partial charge in [0.1, 0.15) is 0 Å². The molecule has 75 valence electrons. The van der Waals surface area contributed by atoms with Gasteiger partial charge in [-0.15, -0.1) is 0 Å². The molecule has 1 rings (SSSR count). The summed E-state index contributed by atoms with van der Waals surface area (Å²) in [5, 5.41) is 0. The summed E-state index contributed by atoms with van der Waals surface area (Å²) < 4.78 is 0. The first-order valence-electron chi connectivity index (χ1n) is 5.22. The molecule has 0 amide bonds. The predicted octanol–water partition coefficient (Wildman–Crippen LogP) is 3.05. The smallest absolute Gasteiger partial charge is 0.0882 e. The summed E-state index contributed by atoms with van der Waals surface area (Å²) in [6.07, 6.45) is 10.3. The quantitative estimate of drug-likeness (QED) is 0.511. The van der Waals surface area contributed by atoms with Crippen LogP contribution in [0.4, 0.5) is 0 Å². The lowest BCUT2D eigenvalue weighted by atomic mass is 9.63. The minimum absolute atomic E-state index is 1.21. The molecule has 0 bridgehead atoms. The first-order valence-corrected chi connectivity index (χ1v) is 5.22. The van der Waals surface area contributed by atoms with Crippen molar-refractivity contribution in [3.05, 3.63) is 66.2 Å². The topological polar surface area (TPSA) is 0 Å². The molecule has 0 atom stereocenters. The van der Waals surface area contributed by atoms with E-state index in [1.807, 2.05) is 26.0 Å². The Labute approximate surface area is 93.3 Å². The van der Waals surface area contributed by atoms with Gasteiger partial charge in [0.15, 0.2) is 7.28 Å². The molecule has 0 saturated heterocycles. The second kappa shape index (κ2) is 6.89. The Balaban J connectivity index is 2.76. The van der Waals surface area contributed by atoms with Gasteiger partial charge in [0.25, 0.3) is 0 Å². The molecule has 1 heteroatoms. The van der Waals surface area contributed by atoms with Gasteiger partial charge >= 0.3 is 0 Å². The van der Waals surface area contributed by atoms with Crippen LogP contribution in [-0.4, -0.2) is 7.28 Å². The monoisotopic (exact) mass is 195 g/mol. The third-order valence-corrected chi connectivity index (χ3v) is 1.97. The van der Waals surface area contributed by atoms with Crippen LogP contribution in [0.25, 0.3) is 0 Å². The Kier molecular flexibility index (Phi) is 5.31. The Morgan fingerprint density at radius 3 is 2.40 bits per heavy atom. The first-order chi connectivity index (χ1) is 7.36. The lowest BCUT2D eigenvalue weighted by Crippen LogP contribution is -2.14. The van der Waals surface area contributed by atoms with Crippen molar-refractivity contribution in [1.29, 1.82) is 0 Å². The molecule has 0 unspecified atom stereocenters. The molecular formula is C14H16B. The lowest BCUT2D eigenvalue weighted by Gasteiger charge is -1.99. The Bertz CT molecular complexity index is 358. The Morgan fingerprint density at radius 2 is 1.80 bits per heavy atom. The minimum atomic E-state index is 1.21. The molecular weight excluding hydrogens is 179 g/mol. The van der Waals surface area contributed by atoms with Crippen molar-refractivity contribution < 1.29 is 0 Å². The van der Waals surface area contributed by atoms with Gasteiger partial charge in [-0.05, 0) is 13.8 Å². The van der Waals surface area contributed by atoms with E-state index in [0.717, 1.165) is 0 Å². The largest absolute Gasteiger partial charge is 0.191 e. The van der Waals surface area contributed by atoms with Gasteiger partial charge in [-0.2, -0.15) is 0 Å². The zero-order chi connectivity index (χ0) is 10.9. The second-order valence-electron chi connectivity index (χ2n) is 3.25. The molecule has 0 aliphatic carbocycles. The van der Waals surface area contributed by atoms with Crippen molar-refractivity contribution >= 4 is 12.7 Å². The zero-order valence-electron chi connectivity index (χ0n) is 9.35. The van der Waals surface area contributed by atoms with Crippen molar-refractivity contribution in [2.75, 3.05) is 0 Å². The molecule has 0 aromatic heterocycles. The lowest BCUT2D eigenvalue weighted by molar-refractivity contribution is 1.67. The molecule has 1 aromatic rings. The number of rotatable bonds is 4. The van der Waals surface area contributed by atoms with E-state index in [9.17, 15) is 0 Å². The maximum absolute atomic E-state index is 2.17. The fourth-order valence-corrected chi connectivity index (χ4v) is 1.29. The number of hydrogen-bond donors (Lipinski definition) is 0. The maximum Gasteiger partial charge on any atom is 0.191 e. The van der Waals surface area contributed by atoms with E-state index in [1.54, 1.807) is 0 Å². The Morgan fingerprint density at radius 1 is 1.07 bits per heavy atom. The van der Waals surface area contributed by atoms with E-state index in [2.05, 4.69) is 55.8 Å². The SMILES string of the molecule is C\C=C/C=C([B]c1ccccc1)\C=C/C. The molecule has 0 saturated carbocycles. The summed E-state index contributed by atoms with van der Waals surface area (Å²) in [4.78, 5) is 0. The van der Waals surface area contributed by atoms with E-state index in [-0.39, 0.29) is 0 Å². The highest BCUT2D eigenvalue weighted by Crippen LogP contribution is 1.96. The number of hydrogen-bond acceptors (Lipinski definition) is 0. The van der Waals surface area contributed by atoms with Gasteiger partial charge in [-0.1, -0.05) is 71.6 Å². The van der Waals surface area contributed by atoms with Gasteiger partial charge in [-0.3, -0.25) is 0 Å². The fraction of sp³-hybridized carbons (Fsp3) is 0.143. The highest BCUT2D eigenvalue weighted by atomic mass is 13.8. The normalized spacial score (nSPS) is 12.5. The average Bonchev–Trinajstić information content (AvgIpc) is 2.28. The predicted molar refractivity (Wildman–Crippen MR) is 69.5 cm³/mol. The van der Waals surface area contributed by atoms with Crippen LogP contribution in [0, 0.1) is 0 Å². The van der Waals surface area contributed by atoms with E-state index in [1.165, 1.54) is 10.9 Å². The van der Waals surface area contributed by atoms with Gasteiger partial charge in [0.2, 0.25) is 0 Å². The van der Waals surface area contributed by atoms with Crippen LogP contribution in [-0.2, 0) is 0 Å². The second-order valence-corrected chi connectivity index (χ2v) is 3.25. The molecule has 0 N–H and O–H groups in total. The standard InChI is InChI=1S/C14H16B/c1-3-5-10-13(9-4-2)15-14-11-7-6-8-12-14/h3-12H,1-2H3/b5-3-,9-4-,13-10+. The van der Waals surface area contributed by atoms with Crippen LogP contribution >= 0.6 is 0 Å². The first kappa shape index (κ1) is 11.6. The Hall–Kier alpha value is -1.50. The van der Waals surface area contributed by atoms with Gasteiger partial charge < -0.3 is 0 Å². The van der Waals surface area contributed by atoms with Crippen LogP contribution in [0.1, 0.15) is 13.8 Å². The molecule has 0 aliphatic rings. The van der Waals surface area contributed by atoms with Crippen molar-refractivity contribution in [3.8, 4) is 0 Å². The zero-order valence-corrected chi connectivity index (χ0v) is 9.35. The molecule has 0 fully saturated rings. The van der Waals surface area contributed by atoms with Crippen molar-refractivity contribution in [2.24, 2.45) is 0 Å². The summed E-state index contributed by atoms with van der Waals surface area (Å²) in [5.41, 5.74) is 2.44. The van der Waals surface area contributed by atoms with E-state index >= 15 is 0 Å². The van der Waals surface area contributed by atoms with Gasteiger partial charge in [0, 0.05) is 0 Å². The maximum atomic E-state index is 2.17. The summed E-state index contributed by atoms with van der Waals surface area (Å²) in [6.45, 7) is 4.05. The third-order valence-electron chi connectivity index (χ3n) is 1.97. The van der Waals surface area contributed by atoms with Gasteiger partial charge in [0.05, 0.1) is 0 Å². The summed E-state index contributed by atoms with van der Waals surface area (Å²) in [5.74, 6) is 0. The highest BCUT2D eigenvalue weighted by Gasteiger charge is 1.96. The van der Waals surface area contributed by atoms with Crippen molar-refractivity contribution in [1.82, 2.24) is 0 Å². The van der Waals surface area contributed by atoms with E-state index in [0.29, 0.717) is 0 Å².